The molecule has 0 aromatic carbocycles. The molecule has 64 valence electrons. The molecule has 1 rings (SSSR count). The Labute approximate surface area is 72.8 Å². The highest BCUT2D eigenvalue weighted by molar-refractivity contribution is 5.22. The average Bonchev–Trinajstić information content (AvgIpc) is 2.52. The number of imidazole rings is 1. The van der Waals surface area contributed by atoms with E-state index in [1.54, 1.807) is 6.20 Å². The lowest BCUT2D eigenvalue weighted by molar-refractivity contribution is 0.750. The Morgan fingerprint density at radius 3 is 3.17 bits per heavy atom. The fraction of sp³-hybridized carbons (Fsp3) is 0.444. The maximum atomic E-state index is 4.12. The molecule has 12 heavy (non-hydrogen) atoms. The van der Waals surface area contributed by atoms with Crippen molar-refractivity contribution in [3.63, 3.8) is 0 Å². The lowest BCUT2D eigenvalue weighted by Crippen LogP contribution is -2.05. The molecule has 1 aromatic rings. The van der Waals surface area contributed by atoms with Gasteiger partial charge in [-0.1, -0.05) is 5.92 Å². The molecule has 0 spiro atoms. The molecule has 1 aromatic heterocycles. The molecule has 0 aliphatic carbocycles. The Bertz CT molecular complexity index is 290. The van der Waals surface area contributed by atoms with Crippen LogP contribution in [-0.4, -0.2) is 23.1 Å². The summed E-state index contributed by atoms with van der Waals surface area (Å²) in [6, 6.07) is 0. The zero-order valence-electron chi connectivity index (χ0n) is 7.46. The van der Waals surface area contributed by atoms with Crippen molar-refractivity contribution in [3.05, 3.63) is 18.2 Å². The fourth-order valence-corrected chi connectivity index (χ4v) is 0.900. The SMILES string of the molecule is CCn1ccnc1C#CCNC. The third-order valence-corrected chi connectivity index (χ3v) is 1.52. The van der Waals surface area contributed by atoms with Crippen LogP contribution in [0.5, 0.6) is 0 Å². The molecule has 3 heteroatoms. The van der Waals surface area contributed by atoms with Gasteiger partial charge in [-0.15, -0.1) is 0 Å². The zero-order valence-corrected chi connectivity index (χ0v) is 7.46. The molecule has 0 fully saturated rings. The van der Waals surface area contributed by atoms with Crippen molar-refractivity contribution in [2.24, 2.45) is 0 Å². The number of hydrogen-bond acceptors (Lipinski definition) is 2. The lowest BCUT2D eigenvalue weighted by atomic mass is 10.5. The van der Waals surface area contributed by atoms with Crippen LogP contribution in [0.1, 0.15) is 12.7 Å². The lowest BCUT2D eigenvalue weighted by Gasteiger charge is -1.95. The van der Waals surface area contributed by atoms with E-state index in [2.05, 4.69) is 29.1 Å². The predicted molar refractivity (Wildman–Crippen MR) is 48.7 cm³/mol. The Morgan fingerprint density at radius 2 is 2.50 bits per heavy atom. The minimum absolute atomic E-state index is 0.705. The van der Waals surface area contributed by atoms with Crippen LogP contribution in [0.4, 0.5) is 0 Å². The van der Waals surface area contributed by atoms with Crippen LogP contribution in [0.15, 0.2) is 12.4 Å². The molecule has 0 saturated heterocycles. The van der Waals surface area contributed by atoms with E-state index in [-0.39, 0.29) is 0 Å². The monoisotopic (exact) mass is 163 g/mol. The van der Waals surface area contributed by atoms with E-state index in [9.17, 15) is 0 Å². The fourth-order valence-electron chi connectivity index (χ4n) is 0.900. The summed E-state index contributed by atoms with van der Waals surface area (Å²) in [6.07, 6.45) is 3.70. The maximum Gasteiger partial charge on any atom is 0.185 e. The van der Waals surface area contributed by atoms with E-state index < -0.39 is 0 Å². The van der Waals surface area contributed by atoms with Crippen molar-refractivity contribution in [2.45, 2.75) is 13.5 Å². The van der Waals surface area contributed by atoms with Gasteiger partial charge in [0.05, 0.1) is 6.54 Å². The van der Waals surface area contributed by atoms with Gasteiger partial charge in [0, 0.05) is 18.9 Å². The second-order valence-electron chi connectivity index (χ2n) is 2.37. The molecule has 0 aliphatic rings. The largest absolute Gasteiger partial charge is 0.325 e. The van der Waals surface area contributed by atoms with Gasteiger partial charge in [-0.05, 0) is 19.9 Å². The zero-order chi connectivity index (χ0) is 8.81. The second-order valence-corrected chi connectivity index (χ2v) is 2.37. The van der Waals surface area contributed by atoms with Crippen LogP contribution in [0, 0.1) is 11.8 Å². The smallest absolute Gasteiger partial charge is 0.185 e. The summed E-state index contributed by atoms with van der Waals surface area (Å²) in [5.74, 6) is 6.79. The molecule has 3 nitrogen and oxygen atoms in total. The van der Waals surface area contributed by atoms with Gasteiger partial charge in [-0.3, -0.25) is 0 Å². The van der Waals surface area contributed by atoms with Gasteiger partial charge in [0.25, 0.3) is 0 Å². The topological polar surface area (TPSA) is 29.9 Å². The number of rotatable bonds is 2. The Hall–Kier alpha value is -1.27. The first kappa shape index (κ1) is 8.82. The highest BCUT2D eigenvalue weighted by atomic mass is 15.0. The van der Waals surface area contributed by atoms with Crippen molar-refractivity contribution in [3.8, 4) is 11.8 Å². The van der Waals surface area contributed by atoms with Gasteiger partial charge in [-0.2, -0.15) is 0 Å². The molecule has 1 N–H and O–H groups in total. The van der Waals surface area contributed by atoms with Gasteiger partial charge >= 0.3 is 0 Å². The van der Waals surface area contributed by atoms with E-state index in [1.807, 2.05) is 17.8 Å². The van der Waals surface area contributed by atoms with Crippen LogP contribution >= 0.6 is 0 Å². The summed E-state index contributed by atoms with van der Waals surface area (Å²) in [4.78, 5) is 4.12. The van der Waals surface area contributed by atoms with E-state index >= 15 is 0 Å². The molecular formula is C9H13N3. The number of aryl methyl sites for hydroxylation is 1. The van der Waals surface area contributed by atoms with Crippen LogP contribution in [-0.2, 0) is 6.54 Å². The summed E-state index contributed by atoms with van der Waals surface area (Å²) in [6.45, 7) is 3.70. The molecular weight excluding hydrogens is 150 g/mol. The van der Waals surface area contributed by atoms with Gasteiger partial charge in [0.15, 0.2) is 5.82 Å². The number of nitrogens with zero attached hydrogens (tertiary/aromatic N) is 2. The van der Waals surface area contributed by atoms with Crippen molar-refractivity contribution >= 4 is 0 Å². The van der Waals surface area contributed by atoms with Gasteiger partial charge in [0.2, 0.25) is 0 Å². The second kappa shape index (κ2) is 4.58. The summed E-state index contributed by atoms with van der Waals surface area (Å²) in [5.41, 5.74) is 0. The minimum Gasteiger partial charge on any atom is -0.325 e. The third-order valence-electron chi connectivity index (χ3n) is 1.52. The highest BCUT2D eigenvalue weighted by Crippen LogP contribution is 1.93. The Balaban J connectivity index is 2.69. The summed E-state index contributed by atoms with van der Waals surface area (Å²) >= 11 is 0. The number of nitrogens with one attached hydrogen (secondary N) is 1. The Morgan fingerprint density at radius 1 is 1.67 bits per heavy atom. The van der Waals surface area contributed by atoms with Crippen molar-refractivity contribution in [1.82, 2.24) is 14.9 Å². The summed E-state index contributed by atoms with van der Waals surface area (Å²) in [7, 11) is 1.88. The van der Waals surface area contributed by atoms with Crippen LogP contribution in [0.3, 0.4) is 0 Å². The van der Waals surface area contributed by atoms with Crippen molar-refractivity contribution in [1.29, 1.82) is 0 Å². The molecule has 0 bridgehead atoms. The predicted octanol–water partition coefficient (Wildman–Crippen LogP) is 0.474. The van der Waals surface area contributed by atoms with E-state index in [0.717, 1.165) is 12.4 Å². The first-order chi connectivity index (χ1) is 5.88. The van der Waals surface area contributed by atoms with Crippen LogP contribution < -0.4 is 5.32 Å². The van der Waals surface area contributed by atoms with E-state index in [0.29, 0.717) is 6.54 Å². The number of aromatic nitrogens is 2. The van der Waals surface area contributed by atoms with Gasteiger partial charge in [0.1, 0.15) is 0 Å². The third kappa shape index (κ3) is 2.11. The molecule has 0 radical (unpaired) electrons. The summed E-state index contributed by atoms with van der Waals surface area (Å²) < 4.78 is 2.02. The quantitative estimate of drug-likeness (QED) is 0.642. The van der Waals surface area contributed by atoms with Crippen molar-refractivity contribution in [2.75, 3.05) is 13.6 Å². The molecule has 0 amide bonds. The standard InChI is InChI=1S/C9H13N3/c1-3-12-8-7-11-9(12)5-4-6-10-2/h7-8,10H,3,6H2,1-2H3. The summed E-state index contributed by atoms with van der Waals surface area (Å²) in [5, 5.41) is 2.96. The highest BCUT2D eigenvalue weighted by Gasteiger charge is 1.93. The van der Waals surface area contributed by atoms with Crippen molar-refractivity contribution < 1.29 is 0 Å². The molecule has 0 aliphatic heterocycles. The molecule has 0 saturated carbocycles. The molecule has 0 unspecified atom stereocenters. The van der Waals surface area contributed by atoms with Crippen LogP contribution in [0.25, 0.3) is 0 Å². The van der Waals surface area contributed by atoms with E-state index in [4.69, 9.17) is 0 Å². The first-order valence-corrected chi connectivity index (χ1v) is 4.03. The molecule has 1 heterocycles. The Kier molecular flexibility index (Phi) is 3.36. The average molecular weight is 163 g/mol. The molecule has 0 atom stereocenters. The number of hydrogen-bond donors (Lipinski definition) is 1. The van der Waals surface area contributed by atoms with Gasteiger partial charge in [-0.25, -0.2) is 4.98 Å². The maximum absolute atomic E-state index is 4.12. The normalized spacial score (nSPS) is 9.17. The van der Waals surface area contributed by atoms with E-state index in [1.165, 1.54) is 0 Å². The minimum atomic E-state index is 0.705. The van der Waals surface area contributed by atoms with Gasteiger partial charge < -0.3 is 9.88 Å². The first-order valence-electron chi connectivity index (χ1n) is 4.03. The van der Waals surface area contributed by atoms with Crippen LogP contribution in [0.2, 0.25) is 0 Å².